The average molecular weight is 325 g/mol. The van der Waals surface area contributed by atoms with E-state index in [1.165, 1.54) is 34.0 Å². The number of likely N-dealkylation sites (tertiary alicyclic amines) is 1. The zero-order chi connectivity index (χ0) is 16.0. The number of rotatable bonds is 2. The number of anilines is 2. The van der Waals surface area contributed by atoms with E-state index in [4.69, 9.17) is 5.73 Å². The van der Waals surface area contributed by atoms with Crippen LogP contribution in [0.25, 0.3) is 0 Å². The fraction of sp³-hybridized carbons (Fsp3) is 0.368. The lowest BCUT2D eigenvalue weighted by Gasteiger charge is -2.35. The van der Waals surface area contributed by atoms with Gasteiger partial charge in [0, 0.05) is 41.0 Å². The van der Waals surface area contributed by atoms with Crippen LogP contribution in [0.5, 0.6) is 0 Å². The minimum absolute atomic E-state index is 0.640. The van der Waals surface area contributed by atoms with Gasteiger partial charge in [0.1, 0.15) is 0 Å². The first-order valence-electron chi connectivity index (χ1n) is 8.21. The molecule has 2 aliphatic rings. The maximum Gasteiger partial charge on any atom is 0.0544 e. The van der Waals surface area contributed by atoms with Gasteiger partial charge in [0.2, 0.25) is 0 Å². The summed E-state index contributed by atoms with van der Waals surface area (Å²) in [4.78, 5) is 7.58. The second-order valence-corrected chi connectivity index (χ2v) is 7.82. The Morgan fingerprint density at radius 1 is 1.09 bits per heavy atom. The van der Waals surface area contributed by atoms with Gasteiger partial charge in [-0.3, -0.25) is 0 Å². The van der Waals surface area contributed by atoms with Crippen molar-refractivity contribution >= 4 is 23.1 Å². The SMILES string of the molecule is CN1CCC2C(C1)c1cccc(Sc3ccc(N)cc3)c1N2C. The summed E-state index contributed by atoms with van der Waals surface area (Å²) in [6.45, 7) is 2.36. The molecule has 1 fully saturated rings. The van der Waals surface area contributed by atoms with Gasteiger partial charge in [0.25, 0.3) is 0 Å². The topological polar surface area (TPSA) is 32.5 Å². The molecule has 2 atom stereocenters. The van der Waals surface area contributed by atoms with E-state index in [-0.39, 0.29) is 0 Å². The predicted molar refractivity (Wildman–Crippen MR) is 98.5 cm³/mol. The smallest absolute Gasteiger partial charge is 0.0544 e. The fourth-order valence-corrected chi connectivity index (χ4v) is 5.03. The van der Waals surface area contributed by atoms with Gasteiger partial charge in [-0.1, -0.05) is 23.9 Å². The first-order chi connectivity index (χ1) is 11.1. The number of para-hydroxylation sites is 1. The molecular weight excluding hydrogens is 302 g/mol. The van der Waals surface area contributed by atoms with Gasteiger partial charge in [-0.15, -0.1) is 0 Å². The summed E-state index contributed by atoms with van der Waals surface area (Å²) in [5.74, 6) is 0.640. The van der Waals surface area contributed by atoms with Gasteiger partial charge < -0.3 is 15.5 Å². The van der Waals surface area contributed by atoms with Crippen LogP contribution >= 0.6 is 11.8 Å². The minimum Gasteiger partial charge on any atom is -0.399 e. The van der Waals surface area contributed by atoms with Crippen LogP contribution in [0.2, 0.25) is 0 Å². The van der Waals surface area contributed by atoms with Crippen LogP contribution < -0.4 is 10.6 Å². The normalized spacial score (nSPS) is 23.7. The molecule has 0 aromatic heterocycles. The van der Waals surface area contributed by atoms with E-state index in [1.807, 2.05) is 23.9 Å². The van der Waals surface area contributed by atoms with Crippen LogP contribution in [0, 0.1) is 0 Å². The van der Waals surface area contributed by atoms with Crippen LogP contribution in [0.1, 0.15) is 17.9 Å². The standard InChI is InChI=1S/C19H23N3S/c1-21-11-10-17-16(12-21)15-4-3-5-18(19(15)22(17)2)23-14-8-6-13(20)7-9-14/h3-9,16-17H,10-12,20H2,1-2H3. The van der Waals surface area contributed by atoms with Crippen molar-refractivity contribution < 1.29 is 0 Å². The fourth-order valence-electron chi connectivity index (χ4n) is 4.00. The Hall–Kier alpha value is -1.65. The van der Waals surface area contributed by atoms with Crippen molar-refractivity contribution in [2.45, 2.75) is 28.2 Å². The lowest BCUT2D eigenvalue weighted by molar-refractivity contribution is 0.234. The number of nitrogens with two attached hydrogens (primary N) is 1. The number of hydrogen-bond acceptors (Lipinski definition) is 4. The largest absolute Gasteiger partial charge is 0.399 e. The number of fused-ring (bicyclic) bond motifs is 3. The van der Waals surface area contributed by atoms with Crippen LogP contribution in [-0.4, -0.2) is 38.1 Å². The molecule has 0 amide bonds. The molecule has 4 heteroatoms. The molecule has 1 saturated heterocycles. The van der Waals surface area contributed by atoms with Crippen LogP contribution in [0.3, 0.4) is 0 Å². The summed E-state index contributed by atoms with van der Waals surface area (Å²) >= 11 is 1.84. The van der Waals surface area contributed by atoms with E-state index in [0.717, 1.165) is 12.2 Å². The number of likely N-dealkylation sites (N-methyl/N-ethyl adjacent to an activating group) is 2. The Morgan fingerprint density at radius 3 is 2.65 bits per heavy atom. The molecule has 23 heavy (non-hydrogen) atoms. The maximum atomic E-state index is 5.80. The van der Waals surface area contributed by atoms with Crippen LogP contribution in [0.4, 0.5) is 11.4 Å². The summed E-state index contributed by atoms with van der Waals surface area (Å²) < 4.78 is 0. The van der Waals surface area contributed by atoms with Crippen molar-refractivity contribution in [1.29, 1.82) is 0 Å². The Balaban J connectivity index is 1.70. The summed E-state index contributed by atoms with van der Waals surface area (Å²) in [7, 11) is 4.50. The highest BCUT2D eigenvalue weighted by Gasteiger charge is 2.40. The first kappa shape index (κ1) is 14.9. The third kappa shape index (κ3) is 2.60. The van der Waals surface area contributed by atoms with E-state index in [0.29, 0.717) is 12.0 Å². The number of nitrogens with zero attached hydrogens (tertiary/aromatic N) is 2. The molecule has 0 radical (unpaired) electrons. The quantitative estimate of drug-likeness (QED) is 0.854. The molecular formula is C19H23N3S. The monoisotopic (exact) mass is 325 g/mol. The van der Waals surface area contributed by atoms with Crippen LogP contribution in [-0.2, 0) is 0 Å². The molecule has 2 aromatic carbocycles. The van der Waals surface area contributed by atoms with Crippen molar-refractivity contribution in [2.24, 2.45) is 0 Å². The molecule has 0 bridgehead atoms. The first-order valence-corrected chi connectivity index (χ1v) is 9.03. The van der Waals surface area contributed by atoms with Gasteiger partial charge in [0.05, 0.1) is 5.69 Å². The van der Waals surface area contributed by atoms with Crippen molar-refractivity contribution in [1.82, 2.24) is 4.90 Å². The second-order valence-electron chi connectivity index (χ2n) is 6.70. The molecule has 120 valence electrons. The number of piperidine rings is 1. The van der Waals surface area contributed by atoms with Gasteiger partial charge in [-0.25, -0.2) is 0 Å². The van der Waals surface area contributed by atoms with Crippen molar-refractivity contribution in [3.63, 3.8) is 0 Å². The van der Waals surface area contributed by atoms with Crippen molar-refractivity contribution in [2.75, 3.05) is 37.8 Å². The molecule has 3 nitrogen and oxygen atoms in total. The maximum absolute atomic E-state index is 5.80. The highest BCUT2D eigenvalue weighted by molar-refractivity contribution is 7.99. The molecule has 4 rings (SSSR count). The minimum atomic E-state index is 0.640. The molecule has 0 aliphatic carbocycles. The predicted octanol–water partition coefficient (Wildman–Crippen LogP) is 3.66. The Kier molecular flexibility index (Phi) is 3.74. The lowest BCUT2D eigenvalue weighted by atomic mass is 9.89. The number of nitrogen functional groups attached to an aromatic ring is 1. The highest BCUT2D eigenvalue weighted by Crippen LogP contribution is 2.49. The Labute approximate surface area is 142 Å². The van der Waals surface area contributed by atoms with E-state index >= 15 is 0 Å². The van der Waals surface area contributed by atoms with E-state index in [2.05, 4.69) is 54.2 Å². The van der Waals surface area contributed by atoms with Gasteiger partial charge in [0.15, 0.2) is 0 Å². The van der Waals surface area contributed by atoms with Crippen molar-refractivity contribution in [3.8, 4) is 0 Å². The molecule has 0 spiro atoms. The zero-order valence-electron chi connectivity index (χ0n) is 13.7. The van der Waals surface area contributed by atoms with Crippen molar-refractivity contribution in [3.05, 3.63) is 48.0 Å². The molecule has 2 aliphatic heterocycles. The molecule has 2 N–H and O–H groups in total. The van der Waals surface area contributed by atoms with Gasteiger partial charge in [-0.2, -0.15) is 0 Å². The second kappa shape index (κ2) is 5.77. The summed E-state index contributed by atoms with van der Waals surface area (Å²) in [6, 6.07) is 15.6. The molecule has 2 heterocycles. The third-order valence-corrected chi connectivity index (χ3v) is 6.22. The lowest BCUT2D eigenvalue weighted by Crippen LogP contribution is -2.43. The Morgan fingerprint density at radius 2 is 1.87 bits per heavy atom. The Bertz CT molecular complexity index is 713. The van der Waals surface area contributed by atoms with E-state index in [1.54, 1.807) is 0 Å². The summed E-state index contributed by atoms with van der Waals surface area (Å²) in [5.41, 5.74) is 9.57. The summed E-state index contributed by atoms with van der Waals surface area (Å²) in [5, 5.41) is 0. The molecule has 0 saturated carbocycles. The highest BCUT2D eigenvalue weighted by atomic mass is 32.2. The van der Waals surface area contributed by atoms with Gasteiger partial charge >= 0.3 is 0 Å². The number of hydrogen-bond donors (Lipinski definition) is 1. The average Bonchev–Trinajstić information content (AvgIpc) is 2.83. The molecule has 2 aromatic rings. The number of benzene rings is 2. The summed E-state index contributed by atoms with van der Waals surface area (Å²) in [6.07, 6.45) is 1.25. The molecule has 2 unspecified atom stereocenters. The van der Waals surface area contributed by atoms with E-state index < -0.39 is 0 Å². The van der Waals surface area contributed by atoms with E-state index in [9.17, 15) is 0 Å². The van der Waals surface area contributed by atoms with Gasteiger partial charge in [-0.05, 0) is 55.9 Å². The zero-order valence-corrected chi connectivity index (χ0v) is 14.5. The van der Waals surface area contributed by atoms with Crippen LogP contribution in [0.15, 0.2) is 52.3 Å². The third-order valence-electron chi connectivity index (χ3n) is 5.17.